The van der Waals surface area contributed by atoms with Crippen LogP contribution in [-0.2, 0) is 4.79 Å². The number of hydrogen-bond donors (Lipinski definition) is 2. The highest BCUT2D eigenvalue weighted by Gasteiger charge is 2.31. The standard InChI is InChI=1S/C20H31N3O.ClH/c21-19-15-23(14-18(19)17-9-5-2-6-10-17)12-11-20(24)22-13-16-7-3-1-4-8-16;/h2,5-6,9-10,16,18-19H,1,3-4,7-8,11-15,21H2,(H,22,24);1H/t18-,19+;/m0./s1. The van der Waals surface area contributed by atoms with E-state index in [1.807, 2.05) is 6.07 Å². The minimum atomic E-state index is 0. The maximum absolute atomic E-state index is 12.1. The van der Waals surface area contributed by atoms with Gasteiger partial charge in [0.15, 0.2) is 0 Å². The minimum Gasteiger partial charge on any atom is -0.356 e. The lowest BCUT2D eigenvalue weighted by molar-refractivity contribution is -0.121. The lowest BCUT2D eigenvalue weighted by atomic mass is 9.89. The Bertz CT molecular complexity index is 519. The van der Waals surface area contributed by atoms with E-state index in [0.29, 0.717) is 18.3 Å². The van der Waals surface area contributed by atoms with Crippen molar-refractivity contribution in [2.75, 3.05) is 26.2 Å². The molecule has 1 aromatic rings. The quantitative estimate of drug-likeness (QED) is 0.814. The highest BCUT2D eigenvalue weighted by atomic mass is 35.5. The number of rotatable bonds is 6. The zero-order chi connectivity index (χ0) is 16.8. The molecule has 0 bridgehead atoms. The summed E-state index contributed by atoms with van der Waals surface area (Å²) >= 11 is 0. The molecule has 1 heterocycles. The molecule has 1 aromatic carbocycles. The normalized spacial score (nSPS) is 24.7. The molecule has 0 unspecified atom stereocenters. The largest absolute Gasteiger partial charge is 0.356 e. The third kappa shape index (κ3) is 5.98. The summed E-state index contributed by atoms with van der Waals surface area (Å²) < 4.78 is 0. The summed E-state index contributed by atoms with van der Waals surface area (Å²) in [5, 5.41) is 3.13. The Kier molecular flexibility index (Phi) is 8.20. The fourth-order valence-corrected chi connectivity index (χ4v) is 4.15. The molecule has 4 nitrogen and oxygen atoms in total. The van der Waals surface area contributed by atoms with Crippen molar-refractivity contribution in [2.24, 2.45) is 11.7 Å². The minimum absolute atomic E-state index is 0. The van der Waals surface area contributed by atoms with Crippen LogP contribution in [-0.4, -0.2) is 43.0 Å². The van der Waals surface area contributed by atoms with Gasteiger partial charge < -0.3 is 16.0 Å². The zero-order valence-electron chi connectivity index (χ0n) is 15.0. The molecule has 0 radical (unpaired) electrons. The molecular formula is C20H32ClN3O. The highest BCUT2D eigenvalue weighted by molar-refractivity contribution is 5.85. The number of carbonyl (C=O) groups excluding carboxylic acids is 1. The predicted molar refractivity (Wildman–Crippen MR) is 105 cm³/mol. The summed E-state index contributed by atoms with van der Waals surface area (Å²) in [7, 11) is 0. The van der Waals surface area contributed by atoms with Gasteiger partial charge >= 0.3 is 0 Å². The Morgan fingerprint density at radius 1 is 1.12 bits per heavy atom. The van der Waals surface area contributed by atoms with Crippen molar-refractivity contribution in [1.29, 1.82) is 0 Å². The lowest BCUT2D eigenvalue weighted by Crippen LogP contribution is -2.34. The Morgan fingerprint density at radius 2 is 1.84 bits per heavy atom. The number of benzene rings is 1. The van der Waals surface area contributed by atoms with Gasteiger partial charge in [-0.15, -0.1) is 12.4 Å². The lowest BCUT2D eigenvalue weighted by Gasteiger charge is -2.22. The van der Waals surface area contributed by atoms with Crippen LogP contribution in [0.15, 0.2) is 30.3 Å². The van der Waals surface area contributed by atoms with Crippen molar-refractivity contribution in [3.63, 3.8) is 0 Å². The summed E-state index contributed by atoms with van der Waals surface area (Å²) in [6, 6.07) is 10.7. The molecule has 1 aliphatic carbocycles. The average Bonchev–Trinajstić information content (AvgIpc) is 3.00. The second-order valence-electron chi connectivity index (χ2n) is 7.50. The molecule has 0 spiro atoms. The Balaban J connectivity index is 0.00000225. The zero-order valence-corrected chi connectivity index (χ0v) is 15.8. The van der Waals surface area contributed by atoms with E-state index >= 15 is 0 Å². The summed E-state index contributed by atoms with van der Waals surface area (Å²) in [6.45, 7) is 3.52. The number of hydrogen-bond acceptors (Lipinski definition) is 3. The van der Waals surface area contributed by atoms with E-state index in [2.05, 4.69) is 34.5 Å². The summed E-state index contributed by atoms with van der Waals surface area (Å²) in [5.41, 5.74) is 7.64. The molecule has 1 saturated heterocycles. The van der Waals surface area contributed by atoms with Crippen molar-refractivity contribution in [3.8, 4) is 0 Å². The second-order valence-corrected chi connectivity index (χ2v) is 7.50. The molecule has 3 N–H and O–H groups in total. The maximum Gasteiger partial charge on any atom is 0.221 e. The van der Waals surface area contributed by atoms with Crippen LogP contribution in [0.25, 0.3) is 0 Å². The smallest absolute Gasteiger partial charge is 0.221 e. The third-order valence-electron chi connectivity index (χ3n) is 5.64. The summed E-state index contributed by atoms with van der Waals surface area (Å²) in [5.74, 6) is 1.28. The SMILES string of the molecule is Cl.N[C@@H]1CN(CCC(=O)NCC2CCCCC2)C[C@H]1c1ccccc1. The summed E-state index contributed by atoms with van der Waals surface area (Å²) in [4.78, 5) is 14.4. The van der Waals surface area contributed by atoms with E-state index in [4.69, 9.17) is 5.73 Å². The molecule has 140 valence electrons. The predicted octanol–water partition coefficient (Wildman–Crippen LogP) is 2.92. The Morgan fingerprint density at radius 3 is 2.56 bits per heavy atom. The number of carbonyl (C=O) groups is 1. The second kappa shape index (κ2) is 10.1. The van der Waals surface area contributed by atoms with E-state index in [1.165, 1.54) is 37.7 Å². The first kappa shape index (κ1) is 20.2. The van der Waals surface area contributed by atoms with Gasteiger partial charge in [-0.05, 0) is 24.3 Å². The van der Waals surface area contributed by atoms with Crippen LogP contribution >= 0.6 is 12.4 Å². The molecule has 1 amide bonds. The first-order chi connectivity index (χ1) is 11.7. The van der Waals surface area contributed by atoms with E-state index in [9.17, 15) is 4.79 Å². The van der Waals surface area contributed by atoms with Crippen molar-refractivity contribution >= 4 is 18.3 Å². The molecule has 1 saturated carbocycles. The first-order valence-electron chi connectivity index (χ1n) is 9.52. The van der Waals surface area contributed by atoms with E-state index in [1.54, 1.807) is 0 Å². The van der Waals surface area contributed by atoms with Gasteiger partial charge in [-0.1, -0.05) is 49.6 Å². The molecule has 0 aromatic heterocycles. The van der Waals surface area contributed by atoms with E-state index in [0.717, 1.165) is 26.2 Å². The topological polar surface area (TPSA) is 58.4 Å². The number of nitrogens with zero attached hydrogens (tertiary/aromatic N) is 1. The van der Waals surface area contributed by atoms with Crippen LogP contribution in [0.4, 0.5) is 0 Å². The van der Waals surface area contributed by atoms with Crippen LogP contribution in [0.5, 0.6) is 0 Å². The Hall–Kier alpha value is -1.10. The van der Waals surface area contributed by atoms with Gasteiger partial charge in [0.05, 0.1) is 0 Å². The van der Waals surface area contributed by atoms with Crippen LogP contribution in [0.2, 0.25) is 0 Å². The number of amides is 1. The molecular weight excluding hydrogens is 334 g/mol. The van der Waals surface area contributed by atoms with Crippen molar-refractivity contribution in [3.05, 3.63) is 35.9 Å². The third-order valence-corrected chi connectivity index (χ3v) is 5.64. The molecule has 2 atom stereocenters. The van der Waals surface area contributed by atoms with E-state index < -0.39 is 0 Å². The Labute approximate surface area is 157 Å². The molecule has 5 heteroatoms. The van der Waals surface area contributed by atoms with Gasteiger partial charge in [0, 0.05) is 44.6 Å². The fraction of sp³-hybridized carbons (Fsp3) is 0.650. The van der Waals surface area contributed by atoms with Crippen LogP contribution < -0.4 is 11.1 Å². The van der Waals surface area contributed by atoms with Crippen molar-refractivity contribution < 1.29 is 4.79 Å². The molecule has 25 heavy (non-hydrogen) atoms. The molecule has 2 fully saturated rings. The van der Waals surface area contributed by atoms with Gasteiger partial charge in [0.1, 0.15) is 0 Å². The number of nitrogens with one attached hydrogen (secondary N) is 1. The fourth-order valence-electron chi connectivity index (χ4n) is 4.15. The van der Waals surface area contributed by atoms with Crippen molar-refractivity contribution in [1.82, 2.24) is 10.2 Å². The monoisotopic (exact) mass is 365 g/mol. The van der Waals surface area contributed by atoms with Crippen LogP contribution in [0.1, 0.15) is 50.0 Å². The van der Waals surface area contributed by atoms with Crippen LogP contribution in [0.3, 0.4) is 0 Å². The van der Waals surface area contributed by atoms with Gasteiger partial charge in [0.25, 0.3) is 0 Å². The average molecular weight is 366 g/mol. The van der Waals surface area contributed by atoms with Crippen LogP contribution in [0, 0.1) is 5.92 Å². The summed E-state index contributed by atoms with van der Waals surface area (Å²) in [6.07, 6.45) is 7.16. The number of halogens is 1. The van der Waals surface area contributed by atoms with Crippen molar-refractivity contribution in [2.45, 2.75) is 50.5 Å². The maximum atomic E-state index is 12.1. The highest BCUT2D eigenvalue weighted by Crippen LogP contribution is 2.26. The van der Waals surface area contributed by atoms with E-state index in [-0.39, 0.29) is 24.4 Å². The molecule has 1 aliphatic heterocycles. The van der Waals surface area contributed by atoms with Gasteiger partial charge in [-0.2, -0.15) is 0 Å². The number of likely N-dealkylation sites (tertiary alicyclic amines) is 1. The molecule has 2 aliphatic rings. The molecule has 3 rings (SSSR count). The van der Waals surface area contributed by atoms with Gasteiger partial charge in [0.2, 0.25) is 5.91 Å². The first-order valence-corrected chi connectivity index (χ1v) is 9.52. The van der Waals surface area contributed by atoms with Gasteiger partial charge in [-0.25, -0.2) is 0 Å². The number of nitrogens with two attached hydrogens (primary N) is 1. The van der Waals surface area contributed by atoms with Gasteiger partial charge in [-0.3, -0.25) is 4.79 Å².